The van der Waals surface area contributed by atoms with Gasteiger partial charge in [-0.05, 0) is 24.9 Å². The molecule has 1 aromatic carbocycles. The Labute approximate surface area is 96.2 Å². The fourth-order valence-corrected chi connectivity index (χ4v) is 2.18. The lowest BCUT2D eigenvalue weighted by atomic mass is 10.1. The summed E-state index contributed by atoms with van der Waals surface area (Å²) in [5.74, 6) is -0.195. The van der Waals surface area contributed by atoms with E-state index in [0.717, 1.165) is 25.9 Å². The van der Waals surface area contributed by atoms with Gasteiger partial charge in [0.05, 0.1) is 6.04 Å². The molecule has 0 aliphatic carbocycles. The first-order valence-corrected chi connectivity index (χ1v) is 5.69. The molecule has 1 aliphatic heterocycles. The molecule has 3 heteroatoms. The minimum absolute atomic E-state index is 0.0695. The van der Waals surface area contributed by atoms with Gasteiger partial charge in [-0.15, -0.1) is 0 Å². The lowest BCUT2D eigenvalue weighted by Gasteiger charge is -2.21. The molecular weight excluding hydrogens is 200 g/mol. The molecule has 1 amide bonds. The normalized spacial score (nSPS) is 21.1. The third kappa shape index (κ3) is 2.61. The summed E-state index contributed by atoms with van der Waals surface area (Å²) in [4.78, 5) is 13.3. The second kappa shape index (κ2) is 5.12. The van der Waals surface area contributed by atoms with Gasteiger partial charge < -0.3 is 5.73 Å². The zero-order chi connectivity index (χ0) is 11.4. The quantitative estimate of drug-likeness (QED) is 0.823. The average Bonchev–Trinajstić information content (AvgIpc) is 2.76. The Balaban J connectivity index is 1.88. The summed E-state index contributed by atoms with van der Waals surface area (Å²) in [5, 5.41) is 0. The molecule has 85 valence electrons. The molecule has 1 fully saturated rings. The monoisotopic (exact) mass is 217 g/mol. The first-order valence-electron chi connectivity index (χ1n) is 5.69. The van der Waals surface area contributed by atoms with E-state index in [1.165, 1.54) is 5.56 Å². The van der Waals surface area contributed by atoms with E-state index >= 15 is 0 Å². The third-order valence-electron chi connectivity index (χ3n) is 3.05. The third-order valence-corrected chi connectivity index (χ3v) is 3.05. The van der Waals surface area contributed by atoms with Crippen LogP contribution in [0.5, 0.6) is 0 Å². The fraction of sp³-hybridized carbons (Fsp3) is 0.385. The number of rotatable bonds is 4. The molecule has 0 unspecified atom stereocenters. The van der Waals surface area contributed by atoms with Crippen LogP contribution in [0.4, 0.5) is 0 Å². The maximum atomic E-state index is 11.2. The minimum Gasteiger partial charge on any atom is -0.368 e. The molecule has 16 heavy (non-hydrogen) atoms. The number of carbonyl (C=O) groups excluding carboxylic acids is 1. The van der Waals surface area contributed by atoms with Crippen LogP contribution >= 0.6 is 0 Å². The van der Waals surface area contributed by atoms with Crippen molar-refractivity contribution in [2.45, 2.75) is 18.9 Å². The zero-order valence-corrected chi connectivity index (χ0v) is 9.30. The van der Waals surface area contributed by atoms with Crippen LogP contribution in [0.2, 0.25) is 0 Å². The summed E-state index contributed by atoms with van der Waals surface area (Å²) < 4.78 is 0. The van der Waals surface area contributed by atoms with Gasteiger partial charge >= 0.3 is 0 Å². The second-order valence-electron chi connectivity index (χ2n) is 4.17. The van der Waals surface area contributed by atoms with Crippen LogP contribution in [0.25, 0.3) is 0 Å². The Hall–Kier alpha value is -1.35. The van der Waals surface area contributed by atoms with Gasteiger partial charge in [0.15, 0.2) is 0 Å². The average molecular weight is 217 g/mol. The Morgan fingerprint density at radius 2 is 2.19 bits per heavy atom. The lowest BCUT2D eigenvalue weighted by Crippen LogP contribution is -2.40. The molecule has 1 radical (unpaired) electrons. The van der Waals surface area contributed by atoms with Crippen molar-refractivity contribution in [1.82, 2.24) is 4.90 Å². The van der Waals surface area contributed by atoms with E-state index in [2.05, 4.69) is 23.5 Å². The molecule has 2 N–H and O–H groups in total. The van der Waals surface area contributed by atoms with Gasteiger partial charge in [-0.3, -0.25) is 9.69 Å². The first kappa shape index (κ1) is 11.1. The van der Waals surface area contributed by atoms with Gasteiger partial charge in [0.1, 0.15) is 0 Å². The van der Waals surface area contributed by atoms with E-state index in [-0.39, 0.29) is 11.9 Å². The lowest BCUT2D eigenvalue weighted by molar-refractivity contribution is -0.122. The Morgan fingerprint density at radius 1 is 1.44 bits per heavy atom. The molecule has 0 spiro atoms. The Kier molecular flexibility index (Phi) is 3.57. The number of benzene rings is 1. The van der Waals surface area contributed by atoms with Crippen LogP contribution in [0.15, 0.2) is 30.3 Å². The van der Waals surface area contributed by atoms with Gasteiger partial charge in [-0.25, -0.2) is 0 Å². The molecule has 0 aromatic heterocycles. The topological polar surface area (TPSA) is 46.3 Å². The summed E-state index contributed by atoms with van der Waals surface area (Å²) >= 11 is 0. The fourth-order valence-electron chi connectivity index (χ4n) is 2.18. The van der Waals surface area contributed by atoms with Gasteiger partial charge in [0.25, 0.3) is 0 Å². The van der Waals surface area contributed by atoms with Gasteiger partial charge in [0.2, 0.25) is 5.91 Å². The second-order valence-corrected chi connectivity index (χ2v) is 4.17. The predicted octanol–water partition coefficient (Wildman–Crippen LogP) is 1.19. The molecular formula is C13H17N2O. The van der Waals surface area contributed by atoms with Crippen LogP contribution in [-0.4, -0.2) is 29.9 Å². The maximum absolute atomic E-state index is 11.2. The molecule has 1 heterocycles. The van der Waals surface area contributed by atoms with E-state index in [1.54, 1.807) is 0 Å². The van der Waals surface area contributed by atoms with Crippen LogP contribution in [0.1, 0.15) is 18.4 Å². The van der Waals surface area contributed by atoms with Crippen LogP contribution < -0.4 is 5.73 Å². The predicted molar refractivity (Wildman–Crippen MR) is 63.6 cm³/mol. The highest BCUT2D eigenvalue weighted by molar-refractivity contribution is 5.80. The Bertz CT molecular complexity index is 350. The van der Waals surface area contributed by atoms with Crippen molar-refractivity contribution in [2.75, 3.05) is 13.1 Å². The first-order chi connectivity index (χ1) is 7.77. The van der Waals surface area contributed by atoms with Crippen molar-refractivity contribution in [3.8, 4) is 0 Å². The van der Waals surface area contributed by atoms with E-state index < -0.39 is 0 Å². The van der Waals surface area contributed by atoms with E-state index in [4.69, 9.17) is 5.73 Å². The SMILES string of the molecule is NC(=O)[C@@H]1CCCN1C[CH]c1ccccc1. The number of nitrogens with two attached hydrogens (primary N) is 1. The molecule has 1 atom stereocenters. The number of likely N-dealkylation sites (tertiary alicyclic amines) is 1. The molecule has 0 bridgehead atoms. The van der Waals surface area contributed by atoms with E-state index in [9.17, 15) is 4.79 Å². The van der Waals surface area contributed by atoms with Crippen LogP contribution in [0, 0.1) is 6.42 Å². The Morgan fingerprint density at radius 3 is 2.88 bits per heavy atom. The molecule has 1 saturated heterocycles. The molecule has 1 aliphatic rings. The standard InChI is InChI=1S/C13H17N2O/c14-13(16)12-7-4-9-15(12)10-8-11-5-2-1-3-6-11/h1-3,5-6,8,12H,4,7,9-10H2,(H2,14,16)/t12-/m0/s1. The van der Waals surface area contributed by atoms with Crippen molar-refractivity contribution in [2.24, 2.45) is 5.73 Å². The summed E-state index contributed by atoms with van der Waals surface area (Å²) in [6, 6.07) is 10.1. The van der Waals surface area contributed by atoms with Gasteiger partial charge in [-0.2, -0.15) is 0 Å². The van der Waals surface area contributed by atoms with Crippen LogP contribution in [-0.2, 0) is 4.79 Å². The molecule has 2 rings (SSSR count). The molecule has 1 aromatic rings. The molecule has 0 saturated carbocycles. The van der Waals surface area contributed by atoms with Crippen molar-refractivity contribution in [3.63, 3.8) is 0 Å². The highest BCUT2D eigenvalue weighted by Gasteiger charge is 2.28. The zero-order valence-electron chi connectivity index (χ0n) is 9.30. The van der Waals surface area contributed by atoms with Crippen LogP contribution in [0.3, 0.4) is 0 Å². The summed E-state index contributed by atoms with van der Waals surface area (Å²) in [6.45, 7) is 1.77. The number of nitrogens with zero attached hydrogens (tertiary/aromatic N) is 1. The van der Waals surface area contributed by atoms with Gasteiger partial charge in [0, 0.05) is 13.0 Å². The van der Waals surface area contributed by atoms with Crippen molar-refractivity contribution < 1.29 is 4.79 Å². The molecule has 3 nitrogen and oxygen atoms in total. The highest BCUT2D eigenvalue weighted by atomic mass is 16.1. The van der Waals surface area contributed by atoms with Gasteiger partial charge in [-0.1, -0.05) is 30.3 Å². The number of hydrogen-bond donors (Lipinski definition) is 1. The number of carbonyl (C=O) groups is 1. The van der Waals surface area contributed by atoms with E-state index in [1.807, 2.05) is 18.2 Å². The summed E-state index contributed by atoms with van der Waals surface area (Å²) in [6.07, 6.45) is 4.11. The number of primary amides is 1. The van der Waals surface area contributed by atoms with Crippen molar-refractivity contribution in [1.29, 1.82) is 0 Å². The largest absolute Gasteiger partial charge is 0.368 e. The highest BCUT2D eigenvalue weighted by Crippen LogP contribution is 2.17. The van der Waals surface area contributed by atoms with Crippen molar-refractivity contribution in [3.05, 3.63) is 42.3 Å². The summed E-state index contributed by atoms with van der Waals surface area (Å²) in [5.41, 5.74) is 6.55. The number of hydrogen-bond acceptors (Lipinski definition) is 2. The number of amides is 1. The minimum atomic E-state index is -0.195. The summed E-state index contributed by atoms with van der Waals surface area (Å²) in [7, 11) is 0. The van der Waals surface area contributed by atoms with Crippen molar-refractivity contribution >= 4 is 5.91 Å². The van der Waals surface area contributed by atoms with E-state index in [0.29, 0.717) is 0 Å². The maximum Gasteiger partial charge on any atom is 0.234 e. The smallest absolute Gasteiger partial charge is 0.234 e.